The summed E-state index contributed by atoms with van der Waals surface area (Å²) in [5.41, 5.74) is 0.0648. The smallest absolute Gasteiger partial charge is 0.355 e. The van der Waals surface area contributed by atoms with Gasteiger partial charge in [-0.25, -0.2) is 14.6 Å². The van der Waals surface area contributed by atoms with E-state index in [9.17, 15) is 9.59 Å². The zero-order valence-electron chi connectivity index (χ0n) is 12.1. The van der Waals surface area contributed by atoms with Gasteiger partial charge in [-0.3, -0.25) is 0 Å². The highest BCUT2D eigenvalue weighted by Crippen LogP contribution is 2.33. The summed E-state index contributed by atoms with van der Waals surface area (Å²) in [6.07, 6.45) is 5.13. The summed E-state index contributed by atoms with van der Waals surface area (Å²) in [5, 5.41) is 16.8. The van der Waals surface area contributed by atoms with E-state index in [0.717, 1.165) is 23.8 Å². The summed E-state index contributed by atoms with van der Waals surface area (Å²) in [6, 6.07) is 0.0912. The predicted molar refractivity (Wildman–Crippen MR) is 80.7 cm³/mol. The monoisotopic (exact) mass is 311 g/mol. The third-order valence-electron chi connectivity index (χ3n) is 3.54. The Hall–Kier alpha value is -1.63. The van der Waals surface area contributed by atoms with Crippen LogP contribution in [-0.4, -0.2) is 34.7 Å². The summed E-state index contributed by atoms with van der Waals surface area (Å²) in [7, 11) is 0. The minimum absolute atomic E-state index is 0.0648. The number of nitrogens with zero attached hydrogens (tertiary/aromatic N) is 1. The molecule has 21 heavy (non-hydrogen) atoms. The van der Waals surface area contributed by atoms with Gasteiger partial charge in [0.2, 0.25) is 0 Å². The Balaban J connectivity index is 1.66. The largest absolute Gasteiger partial charge is 0.476 e. The summed E-state index contributed by atoms with van der Waals surface area (Å²) in [6.45, 7) is 2.54. The van der Waals surface area contributed by atoms with Crippen LogP contribution in [0.2, 0.25) is 0 Å². The molecule has 0 saturated heterocycles. The van der Waals surface area contributed by atoms with Crippen molar-refractivity contribution in [2.45, 2.75) is 45.1 Å². The molecule has 1 fully saturated rings. The fourth-order valence-electron chi connectivity index (χ4n) is 2.13. The van der Waals surface area contributed by atoms with Crippen molar-refractivity contribution in [2.75, 3.05) is 6.54 Å². The number of urea groups is 1. The number of carboxylic acid groups (broad SMARTS) is 1. The first-order valence-electron chi connectivity index (χ1n) is 7.30. The molecule has 1 unspecified atom stereocenters. The molecule has 0 aromatic carbocycles. The van der Waals surface area contributed by atoms with Gasteiger partial charge in [-0.2, -0.15) is 0 Å². The van der Waals surface area contributed by atoms with E-state index in [1.54, 1.807) is 0 Å². The number of carbonyl (C=O) groups is 2. The first-order chi connectivity index (χ1) is 10.1. The number of hydrogen-bond acceptors (Lipinski definition) is 4. The molecule has 0 spiro atoms. The van der Waals surface area contributed by atoms with Crippen LogP contribution in [0.25, 0.3) is 0 Å². The van der Waals surface area contributed by atoms with Gasteiger partial charge in [0, 0.05) is 24.4 Å². The average Bonchev–Trinajstić information content (AvgIpc) is 3.13. The van der Waals surface area contributed by atoms with Crippen LogP contribution in [0.3, 0.4) is 0 Å². The van der Waals surface area contributed by atoms with Crippen molar-refractivity contribution in [3.8, 4) is 0 Å². The highest BCUT2D eigenvalue weighted by molar-refractivity contribution is 7.09. The number of nitrogens with one attached hydrogen (secondary N) is 2. The van der Waals surface area contributed by atoms with Crippen LogP contribution >= 0.6 is 11.3 Å². The second-order valence-electron chi connectivity index (χ2n) is 5.37. The maximum absolute atomic E-state index is 11.8. The van der Waals surface area contributed by atoms with Crippen LogP contribution in [0, 0.1) is 5.92 Å². The fourth-order valence-corrected chi connectivity index (χ4v) is 2.90. The van der Waals surface area contributed by atoms with Gasteiger partial charge in [-0.05, 0) is 18.8 Å². The Labute approximate surface area is 128 Å². The van der Waals surface area contributed by atoms with Crippen LogP contribution in [0.5, 0.6) is 0 Å². The van der Waals surface area contributed by atoms with Gasteiger partial charge in [0.25, 0.3) is 0 Å². The fraction of sp³-hybridized carbons (Fsp3) is 0.643. The normalized spacial score (nSPS) is 15.5. The summed E-state index contributed by atoms with van der Waals surface area (Å²) >= 11 is 1.30. The predicted octanol–water partition coefficient (Wildman–Crippen LogP) is 2.26. The van der Waals surface area contributed by atoms with Crippen LogP contribution in [0.15, 0.2) is 5.38 Å². The SMILES string of the molecule is CCC(CC1CC1)NC(=O)NCCc1nc(C(=O)O)cs1. The molecule has 3 N–H and O–H groups in total. The molecule has 1 aromatic heterocycles. The van der Waals surface area contributed by atoms with Crippen molar-refractivity contribution in [1.29, 1.82) is 0 Å². The molecular formula is C14H21N3O3S. The second kappa shape index (κ2) is 7.40. The molecule has 2 rings (SSSR count). The lowest BCUT2D eigenvalue weighted by Gasteiger charge is -2.16. The molecule has 7 heteroatoms. The van der Waals surface area contributed by atoms with Gasteiger partial charge in [-0.1, -0.05) is 19.8 Å². The van der Waals surface area contributed by atoms with Crippen molar-refractivity contribution in [3.05, 3.63) is 16.1 Å². The molecular weight excluding hydrogens is 290 g/mol. The number of carboxylic acids is 1. The van der Waals surface area contributed by atoms with E-state index in [1.165, 1.54) is 29.6 Å². The standard InChI is InChI=1S/C14H21N3O3S/c1-2-10(7-9-3-4-9)16-14(20)15-6-5-12-17-11(8-21-12)13(18)19/h8-10H,2-7H2,1H3,(H,18,19)(H2,15,16,20). The number of amides is 2. The highest BCUT2D eigenvalue weighted by atomic mass is 32.1. The van der Waals surface area contributed by atoms with E-state index in [1.807, 2.05) is 0 Å². The van der Waals surface area contributed by atoms with E-state index < -0.39 is 5.97 Å². The van der Waals surface area contributed by atoms with Gasteiger partial charge in [-0.15, -0.1) is 11.3 Å². The maximum Gasteiger partial charge on any atom is 0.355 e. The number of thiazole rings is 1. The Morgan fingerprint density at radius 3 is 2.86 bits per heavy atom. The maximum atomic E-state index is 11.8. The molecule has 0 bridgehead atoms. The van der Waals surface area contributed by atoms with Crippen LogP contribution in [0.4, 0.5) is 4.79 Å². The molecule has 1 atom stereocenters. The third kappa shape index (κ3) is 5.34. The minimum atomic E-state index is -1.02. The van der Waals surface area contributed by atoms with Gasteiger partial charge in [0.05, 0.1) is 5.01 Å². The van der Waals surface area contributed by atoms with Crippen molar-refractivity contribution in [2.24, 2.45) is 5.92 Å². The first kappa shape index (κ1) is 15.8. The average molecular weight is 311 g/mol. The van der Waals surface area contributed by atoms with E-state index >= 15 is 0 Å². The summed E-state index contributed by atoms with van der Waals surface area (Å²) in [5.74, 6) is -0.228. The zero-order chi connectivity index (χ0) is 15.2. The van der Waals surface area contributed by atoms with Crippen molar-refractivity contribution in [3.63, 3.8) is 0 Å². The Morgan fingerprint density at radius 2 is 2.29 bits per heavy atom. The van der Waals surface area contributed by atoms with E-state index in [2.05, 4.69) is 22.5 Å². The zero-order valence-corrected chi connectivity index (χ0v) is 12.9. The molecule has 1 aliphatic rings. The van der Waals surface area contributed by atoms with Crippen molar-refractivity contribution >= 4 is 23.3 Å². The Morgan fingerprint density at radius 1 is 1.52 bits per heavy atom. The van der Waals surface area contributed by atoms with Crippen LogP contribution < -0.4 is 10.6 Å². The number of aromatic nitrogens is 1. The van der Waals surface area contributed by atoms with Crippen molar-refractivity contribution < 1.29 is 14.7 Å². The Bertz CT molecular complexity index is 499. The van der Waals surface area contributed by atoms with Gasteiger partial charge in [0.1, 0.15) is 0 Å². The van der Waals surface area contributed by atoms with E-state index in [4.69, 9.17) is 5.11 Å². The Kier molecular flexibility index (Phi) is 5.55. The number of aromatic carboxylic acids is 1. The molecule has 1 aliphatic carbocycles. The molecule has 0 radical (unpaired) electrons. The lowest BCUT2D eigenvalue weighted by molar-refractivity contribution is 0.0691. The van der Waals surface area contributed by atoms with Gasteiger partial charge >= 0.3 is 12.0 Å². The number of rotatable bonds is 8. The van der Waals surface area contributed by atoms with E-state index in [0.29, 0.717) is 13.0 Å². The quantitative estimate of drug-likeness (QED) is 0.687. The van der Waals surface area contributed by atoms with Gasteiger partial charge in [0.15, 0.2) is 5.69 Å². The molecule has 1 aromatic rings. The molecule has 0 aliphatic heterocycles. The number of hydrogen-bond donors (Lipinski definition) is 3. The van der Waals surface area contributed by atoms with Crippen LogP contribution in [0.1, 0.15) is 48.1 Å². The minimum Gasteiger partial charge on any atom is -0.476 e. The summed E-state index contributed by atoms with van der Waals surface area (Å²) in [4.78, 5) is 26.5. The van der Waals surface area contributed by atoms with E-state index in [-0.39, 0.29) is 17.8 Å². The number of carbonyl (C=O) groups excluding carboxylic acids is 1. The topological polar surface area (TPSA) is 91.3 Å². The van der Waals surface area contributed by atoms with Crippen molar-refractivity contribution in [1.82, 2.24) is 15.6 Å². The molecule has 1 heterocycles. The molecule has 1 saturated carbocycles. The molecule has 2 amide bonds. The second-order valence-corrected chi connectivity index (χ2v) is 6.31. The first-order valence-corrected chi connectivity index (χ1v) is 8.18. The highest BCUT2D eigenvalue weighted by Gasteiger charge is 2.25. The third-order valence-corrected chi connectivity index (χ3v) is 4.45. The molecule has 116 valence electrons. The van der Waals surface area contributed by atoms with Gasteiger partial charge < -0.3 is 15.7 Å². The summed E-state index contributed by atoms with van der Waals surface area (Å²) < 4.78 is 0. The lowest BCUT2D eigenvalue weighted by atomic mass is 10.1. The molecule has 6 nitrogen and oxygen atoms in total. The van der Waals surface area contributed by atoms with Crippen LogP contribution in [-0.2, 0) is 6.42 Å². The lowest BCUT2D eigenvalue weighted by Crippen LogP contribution is -2.42.